The van der Waals surface area contributed by atoms with Crippen LogP contribution in [0.2, 0.25) is 0 Å². The summed E-state index contributed by atoms with van der Waals surface area (Å²) in [7, 11) is 0. The van der Waals surface area contributed by atoms with Gasteiger partial charge in [0.1, 0.15) is 0 Å². The van der Waals surface area contributed by atoms with Gasteiger partial charge in [-0.25, -0.2) is 0 Å². The summed E-state index contributed by atoms with van der Waals surface area (Å²) in [6.45, 7) is 0. The number of carbonyl (C=O) groups excluding carboxylic acids is 1. The van der Waals surface area contributed by atoms with Gasteiger partial charge in [-0.05, 0) is 18.2 Å². The Hall–Kier alpha value is -3.20. The minimum Gasteiger partial charge on any atom is -0.366 e. The lowest BCUT2D eigenvalue weighted by Gasteiger charge is -1.95. The smallest absolute Gasteiger partial charge is 0.269 e. The number of nitrogens with two attached hydrogens (primary N) is 1. The molecule has 6 heteroatoms. The molecule has 1 amide bonds. The third kappa shape index (κ3) is 3.17. The molecule has 2 aromatic rings. The second-order valence-electron chi connectivity index (χ2n) is 3.88. The standard InChI is InChI=1S/C14H9N3O3/c15-14(18)12-7-11(8-16-9-12)2-1-10-3-5-13(6-4-10)17(19)20/h3-9H,(H2,15,18). The molecule has 6 nitrogen and oxygen atoms in total. The molecule has 1 heterocycles. The van der Waals surface area contributed by atoms with Crippen LogP contribution in [-0.4, -0.2) is 15.8 Å². The molecule has 0 aliphatic heterocycles. The highest BCUT2D eigenvalue weighted by molar-refractivity contribution is 5.92. The number of aromatic nitrogens is 1. The van der Waals surface area contributed by atoms with Gasteiger partial charge in [0.15, 0.2) is 0 Å². The minimum absolute atomic E-state index is 0.00735. The van der Waals surface area contributed by atoms with Crippen molar-refractivity contribution in [2.45, 2.75) is 0 Å². The number of amides is 1. The van der Waals surface area contributed by atoms with Crippen molar-refractivity contribution in [3.05, 3.63) is 69.5 Å². The van der Waals surface area contributed by atoms with Crippen LogP contribution in [0.15, 0.2) is 42.7 Å². The van der Waals surface area contributed by atoms with Gasteiger partial charge in [0.25, 0.3) is 5.69 Å². The summed E-state index contributed by atoms with van der Waals surface area (Å²) in [5, 5.41) is 10.5. The molecule has 0 saturated heterocycles. The molecule has 0 aliphatic rings. The first kappa shape index (κ1) is 13.2. The second kappa shape index (κ2) is 5.63. The molecule has 98 valence electrons. The van der Waals surface area contributed by atoms with Crippen molar-refractivity contribution in [2.75, 3.05) is 0 Å². The van der Waals surface area contributed by atoms with Crippen molar-refractivity contribution in [3.63, 3.8) is 0 Å². The average Bonchev–Trinajstić information content (AvgIpc) is 2.46. The zero-order valence-corrected chi connectivity index (χ0v) is 10.2. The number of nitro groups is 1. The summed E-state index contributed by atoms with van der Waals surface area (Å²) in [5.74, 6) is 5.07. The summed E-state index contributed by atoms with van der Waals surface area (Å²) >= 11 is 0. The first-order valence-corrected chi connectivity index (χ1v) is 5.57. The predicted molar refractivity (Wildman–Crippen MR) is 71.8 cm³/mol. The SMILES string of the molecule is NC(=O)c1cncc(C#Cc2ccc([N+](=O)[O-])cc2)c1. The Labute approximate surface area is 114 Å². The number of rotatable bonds is 2. The Morgan fingerprint density at radius 1 is 1.15 bits per heavy atom. The molecule has 0 spiro atoms. The average molecular weight is 267 g/mol. The molecule has 2 N–H and O–H groups in total. The van der Waals surface area contributed by atoms with Crippen LogP contribution in [0.25, 0.3) is 0 Å². The molecule has 0 unspecified atom stereocenters. The van der Waals surface area contributed by atoms with E-state index in [0.29, 0.717) is 11.1 Å². The second-order valence-corrected chi connectivity index (χ2v) is 3.88. The highest BCUT2D eigenvalue weighted by Gasteiger charge is 2.03. The zero-order chi connectivity index (χ0) is 14.5. The zero-order valence-electron chi connectivity index (χ0n) is 10.2. The summed E-state index contributed by atoms with van der Waals surface area (Å²) < 4.78 is 0. The third-order valence-corrected chi connectivity index (χ3v) is 2.45. The van der Waals surface area contributed by atoms with E-state index in [9.17, 15) is 14.9 Å². The van der Waals surface area contributed by atoms with Gasteiger partial charge in [0.2, 0.25) is 5.91 Å². The predicted octanol–water partition coefficient (Wildman–Crippen LogP) is 1.49. The van der Waals surface area contributed by atoms with E-state index >= 15 is 0 Å². The van der Waals surface area contributed by atoms with Crippen LogP contribution >= 0.6 is 0 Å². The highest BCUT2D eigenvalue weighted by atomic mass is 16.6. The van der Waals surface area contributed by atoms with E-state index in [1.54, 1.807) is 12.1 Å². The van der Waals surface area contributed by atoms with Crippen molar-refractivity contribution in [1.29, 1.82) is 0 Å². The van der Waals surface area contributed by atoms with Gasteiger partial charge in [-0.1, -0.05) is 11.8 Å². The van der Waals surface area contributed by atoms with Crippen LogP contribution in [0, 0.1) is 22.0 Å². The van der Waals surface area contributed by atoms with Gasteiger partial charge in [-0.15, -0.1) is 0 Å². The lowest BCUT2D eigenvalue weighted by Crippen LogP contribution is -2.11. The molecule has 0 atom stereocenters. The molecule has 0 saturated carbocycles. The van der Waals surface area contributed by atoms with E-state index in [4.69, 9.17) is 5.73 Å². The first-order chi connectivity index (χ1) is 9.56. The number of primary amides is 1. The van der Waals surface area contributed by atoms with Gasteiger partial charge in [-0.3, -0.25) is 19.9 Å². The number of hydrogen-bond donors (Lipinski definition) is 1. The van der Waals surface area contributed by atoms with Crippen LogP contribution in [0.4, 0.5) is 5.69 Å². The Morgan fingerprint density at radius 3 is 2.40 bits per heavy atom. The van der Waals surface area contributed by atoms with Gasteiger partial charge in [-0.2, -0.15) is 0 Å². The van der Waals surface area contributed by atoms with E-state index in [2.05, 4.69) is 16.8 Å². The highest BCUT2D eigenvalue weighted by Crippen LogP contribution is 2.11. The number of carbonyl (C=O) groups is 1. The van der Waals surface area contributed by atoms with Crippen molar-refractivity contribution in [2.24, 2.45) is 5.73 Å². The van der Waals surface area contributed by atoms with Gasteiger partial charge in [0, 0.05) is 35.7 Å². The van der Waals surface area contributed by atoms with E-state index in [1.165, 1.54) is 30.6 Å². The van der Waals surface area contributed by atoms with Crippen molar-refractivity contribution < 1.29 is 9.72 Å². The van der Waals surface area contributed by atoms with Crippen LogP contribution in [-0.2, 0) is 0 Å². The molecular weight excluding hydrogens is 258 g/mol. The van der Waals surface area contributed by atoms with Crippen LogP contribution < -0.4 is 5.73 Å². The summed E-state index contributed by atoms with van der Waals surface area (Å²) in [6.07, 6.45) is 2.87. The van der Waals surface area contributed by atoms with Crippen LogP contribution in [0.3, 0.4) is 0 Å². The number of nitrogens with zero attached hydrogens (tertiary/aromatic N) is 2. The maximum atomic E-state index is 11.0. The molecule has 0 fully saturated rings. The number of nitro benzene ring substituents is 1. The minimum atomic E-state index is -0.573. The molecule has 1 aromatic heterocycles. The normalized spacial score (nSPS) is 9.40. The Morgan fingerprint density at radius 2 is 1.80 bits per heavy atom. The summed E-state index contributed by atoms with van der Waals surface area (Å²) in [5.41, 5.74) is 6.60. The topological polar surface area (TPSA) is 99.1 Å². The van der Waals surface area contributed by atoms with Crippen molar-refractivity contribution in [3.8, 4) is 11.8 Å². The van der Waals surface area contributed by atoms with Gasteiger partial charge >= 0.3 is 0 Å². The Balaban J connectivity index is 2.24. The molecule has 2 rings (SSSR count). The van der Waals surface area contributed by atoms with Crippen molar-refractivity contribution in [1.82, 2.24) is 4.98 Å². The quantitative estimate of drug-likeness (QED) is 0.506. The lowest BCUT2D eigenvalue weighted by atomic mass is 10.1. The molecule has 0 bridgehead atoms. The van der Waals surface area contributed by atoms with E-state index in [1.807, 2.05) is 0 Å². The Bertz CT molecular complexity index is 727. The summed E-state index contributed by atoms with van der Waals surface area (Å²) in [6, 6.07) is 7.39. The number of benzene rings is 1. The van der Waals surface area contributed by atoms with Crippen LogP contribution in [0.1, 0.15) is 21.5 Å². The fourth-order valence-electron chi connectivity index (χ4n) is 1.45. The maximum absolute atomic E-state index is 11.0. The fourth-order valence-corrected chi connectivity index (χ4v) is 1.45. The van der Waals surface area contributed by atoms with Gasteiger partial charge < -0.3 is 5.73 Å². The number of non-ortho nitro benzene ring substituents is 1. The fraction of sp³-hybridized carbons (Fsp3) is 0. The number of hydrogen-bond acceptors (Lipinski definition) is 4. The van der Waals surface area contributed by atoms with E-state index in [-0.39, 0.29) is 11.3 Å². The largest absolute Gasteiger partial charge is 0.366 e. The van der Waals surface area contributed by atoms with E-state index in [0.717, 1.165) is 0 Å². The molecule has 0 aliphatic carbocycles. The Kier molecular flexibility index (Phi) is 3.72. The molecule has 20 heavy (non-hydrogen) atoms. The first-order valence-electron chi connectivity index (χ1n) is 5.57. The third-order valence-electron chi connectivity index (χ3n) is 2.45. The number of pyridine rings is 1. The van der Waals surface area contributed by atoms with Crippen molar-refractivity contribution >= 4 is 11.6 Å². The summed E-state index contributed by atoms with van der Waals surface area (Å²) in [4.78, 5) is 24.9. The molecule has 1 aromatic carbocycles. The van der Waals surface area contributed by atoms with E-state index < -0.39 is 10.8 Å². The lowest BCUT2D eigenvalue weighted by molar-refractivity contribution is -0.384. The van der Waals surface area contributed by atoms with Gasteiger partial charge in [0.05, 0.1) is 10.5 Å². The monoisotopic (exact) mass is 267 g/mol. The van der Waals surface area contributed by atoms with Crippen LogP contribution in [0.5, 0.6) is 0 Å². The molecular formula is C14H9N3O3. The maximum Gasteiger partial charge on any atom is 0.269 e. The molecule has 0 radical (unpaired) electrons.